The molecule has 4 heteroatoms. The molecule has 2 aromatic heterocycles. The number of halogens is 1. The average molecular weight is 290 g/mol. The van der Waals surface area contributed by atoms with Crippen molar-refractivity contribution in [2.75, 3.05) is 0 Å². The van der Waals surface area contributed by atoms with Crippen molar-refractivity contribution in [1.82, 2.24) is 0 Å². The molecule has 1 aromatic carbocycles. The normalized spacial score (nSPS) is 13.1. The number of nitrogens with two attached hydrogens (primary N) is 1. The molecule has 1 atom stereocenters. The van der Waals surface area contributed by atoms with Crippen LogP contribution in [0, 0.1) is 20.8 Å². The highest BCUT2D eigenvalue weighted by atomic mass is 35.5. The third kappa shape index (κ3) is 1.94. The summed E-state index contributed by atoms with van der Waals surface area (Å²) in [6.45, 7) is 5.87. The zero-order valence-corrected chi connectivity index (χ0v) is 12.4. The van der Waals surface area contributed by atoms with Crippen molar-refractivity contribution in [2.45, 2.75) is 26.8 Å². The van der Waals surface area contributed by atoms with Gasteiger partial charge in [-0.2, -0.15) is 0 Å². The molecule has 0 bridgehead atoms. The Kier molecular flexibility index (Phi) is 3.11. The Labute approximate surface area is 122 Å². The first kappa shape index (κ1) is 13.3. The molecule has 2 heterocycles. The maximum atomic E-state index is 6.35. The van der Waals surface area contributed by atoms with Crippen LogP contribution < -0.4 is 5.73 Å². The summed E-state index contributed by atoms with van der Waals surface area (Å²) in [6.07, 6.45) is 0. The lowest BCUT2D eigenvalue weighted by Gasteiger charge is -2.09. The Balaban J connectivity index is 2.13. The van der Waals surface area contributed by atoms with Crippen molar-refractivity contribution in [2.24, 2.45) is 5.73 Å². The van der Waals surface area contributed by atoms with Crippen LogP contribution in [0.25, 0.3) is 11.0 Å². The highest BCUT2D eigenvalue weighted by Gasteiger charge is 2.22. The fraction of sp³-hybridized carbons (Fsp3) is 0.250. The van der Waals surface area contributed by atoms with Crippen LogP contribution >= 0.6 is 11.6 Å². The molecule has 2 N–H and O–H groups in total. The van der Waals surface area contributed by atoms with Crippen LogP contribution in [0.15, 0.2) is 33.1 Å². The van der Waals surface area contributed by atoms with E-state index in [-0.39, 0.29) is 6.04 Å². The van der Waals surface area contributed by atoms with Gasteiger partial charge in [0.25, 0.3) is 0 Å². The van der Waals surface area contributed by atoms with Crippen molar-refractivity contribution in [3.63, 3.8) is 0 Å². The van der Waals surface area contributed by atoms with Crippen molar-refractivity contribution < 1.29 is 8.83 Å². The number of furan rings is 2. The SMILES string of the molecule is Cc1oc(C)c(C(N)c2cc3cccc(Cl)c3o2)c1C. The number of aryl methyl sites for hydroxylation is 2. The van der Waals surface area contributed by atoms with E-state index in [9.17, 15) is 0 Å². The minimum Gasteiger partial charge on any atom is -0.466 e. The summed E-state index contributed by atoms with van der Waals surface area (Å²) in [5.74, 6) is 2.42. The number of para-hydroxylation sites is 1. The van der Waals surface area contributed by atoms with Gasteiger partial charge in [0, 0.05) is 10.9 Å². The quantitative estimate of drug-likeness (QED) is 0.747. The van der Waals surface area contributed by atoms with Gasteiger partial charge in [-0.15, -0.1) is 0 Å². The third-order valence-corrected chi connectivity index (χ3v) is 4.05. The van der Waals surface area contributed by atoms with E-state index in [2.05, 4.69) is 0 Å². The van der Waals surface area contributed by atoms with Gasteiger partial charge >= 0.3 is 0 Å². The first-order valence-corrected chi connectivity index (χ1v) is 6.87. The first-order valence-electron chi connectivity index (χ1n) is 6.49. The molecule has 3 nitrogen and oxygen atoms in total. The maximum absolute atomic E-state index is 6.35. The van der Waals surface area contributed by atoms with Gasteiger partial charge in [0.05, 0.1) is 11.1 Å². The predicted octanol–water partition coefficient (Wildman–Crippen LogP) is 4.65. The highest BCUT2D eigenvalue weighted by molar-refractivity contribution is 6.34. The smallest absolute Gasteiger partial charge is 0.152 e. The van der Waals surface area contributed by atoms with E-state index in [1.165, 1.54) is 0 Å². The number of rotatable bonds is 2. The maximum Gasteiger partial charge on any atom is 0.152 e. The highest BCUT2D eigenvalue weighted by Crippen LogP contribution is 2.34. The van der Waals surface area contributed by atoms with Gasteiger partial charge in [-0.3, -0.25) is 0 Å². The Hall–Kier alpha value is -1.71. The van der Waals surface area contributed by atoms with Crippen LogP contribution in [-0.2, 0) is 0 Å². The lowest BCUT2D eigenvalue weighted by Crippen LogP contribution is -2.12. The molecule has 0 aliphatic heterocycles. The molecule has 0 spiro atoms. The van der Waals surface area contributed by atoms with Crippen molar-refractivity contribution in [3.8, 4) is 0 Å². The summed E-state index contributed by atoms with van der Waals surface area (Å²) >= 11 is 6.13. The van der Waals surface area contributed by atoms with Crippen LogP contribution in [-0.4, -0.2) is 0 Å². The number of hydrogen-bond donors (Lipinski definition) is 1. The Morgan fingerprint density at radius 1 is 1.10 bits per heavy atom. The number of hydrogen-bond acceptors (Lipinski definition) is 3. The van der Waals surface area contributed by atoms with Gasteiger partial charge in [-0.25, -0.2) is 0 Å². The number of benzene rings is 1. The van der Waals surface area contributed by atoms with E-state index >= 15 is 0 Å². The molecular formula is C16H16ClNO2. The van der Waals surface area contributed by atoms with E-state index < -0.39 is 0 Å². The molecule has 0 radical (unpaired) electrons. The lowest BCUT2D eigenvalue weighted by molar-refractivity contribution is 0.489. The van der Waals surface area contributed by atoms with Gasteiger partial charge in [-0.05, 0) is 38.5 Å². The molecule has 0 amide bonds. The minimum absolute atomic E-state index is 0.351. The van der Waals surface area contributed by atoms with E-state index in [0.29, 0.717) is 16.4 Å². The van der Waals surface area contributed by atoms with E-state index in [1.54, 1.807) is 6.07 Å². The summed E-state index contributed by atoms with van der Waals surface area (Å²) in [5.41, 5.74) is 9.08. The van der Waals surface area contributed by atoms with Crippen LogP contribution in [0.5, 0.6) is 0 Å². The van der Waals surface area contributed by atoms with Gasteiger partial charge in [0.2, 0.25) is 0 Å². The minimum atomic E-state index is -0.351. The predicted molar refractivity (Wildman–Crippen MR) is 80.2 cm³/mol. The second-order valence-electron chi connectivity index (χ2n) is 5.04. The molecule has 104 valence electrons. The van der Waals surface area contributed by atoms with E-state index in [4.69, 9.17) is 26.2 Å². The van der Waals surface area contributed by atoms with E-state index in [0.717, 1.165) is 28.0 Å². The monoisotopic (exact) mass is 289 g/mol. The zero-order valence-electron chi connectivity index (χ0n) is 11.7. The average Bonchev–Trinajstić information content (AvgIpc) is 2.93. The van der Waals surface area contributed by atoms with Crippen molar-refractivity contribution in [1.29, 1.82) is 0 Å². The zero-order chi connectivity index (χ0) is 14.4. The number of fused-ring (bicyclic) bond motifs is 1. The van der Waals surface area contributed by atoms with Crippen LogP contribution in [0.4, 0.5) is 0 Å². The standard InChI is InChI=1S/C16H16ClNO2/c1-8-9(2)19-10(3)14(8)15(18)13-7-11-5-4-6-12(17)16(11)20-13/h4-7,15H,18H2,1-3H3. The summed E-state index contributed by atoms with van der Waals surface area (Å²) < 4.78 is 11.5. The van der Waals surface area contributed by atoms with Crippen molar-refractivity contribution >= 4 is 22.6 Å². The third-order valence-electron chi connectivity index (χ3n) is 3.75. The molecule has 0 aliphatic carbocycles. The van der Waals surface area contributed by atoms with Gasteiger partial charge < -0.3 is 14.6 Å². The van der Waals surface area contributed by atoms with Crippen molar-refractivity contribution in [3.05, 3.63) is 57.7 Å². The Morgan fingerprint density at radius 2 is 1.85 bits per heavy atom. The van der Waals surface area contributed by atoms with Gasteiger partial charge in [0.1, 0.15) is 17.3 Å². The van der Waals surface area contributed by atoms with Crippen LogP contribution in [0.2, 0.25) is 5.02 Å². The molecule has 0 saturated carbocycles. The molecule has 0 saturated heterocycles. The summed E-state index contributed by atoms with van der Waals surface area (Å²) in [5, 5.41) is 1.55. The molecule has 3 rings (SSSR count). The second-order valence-corrected chi connectivity index (χ2v) is 5.44. The summed E-state index contributed by atoms with van der Waals surface area (Å²) in [7, 11) is 0. The molecule has 1 unspecified atom stereocenters. The Bertz CT molecular complexity index is 785. The fourth-order valence-electron chi connectivity index (χ4n) is 2.61. The van der Waals surface area contributed by atoms with Gasteiger partial charge in [-0.1, -0.05) is 23.7 Å². The summed E-state index contributed by atoms with van der Waals surface area (Å²) in [4.78, 5) is 0. The Morgan fingerprint density at radius 3 is 2.45 bits per heavy atom. The molecule has 0 fully saturated rings. The second kappa shape index (κ2) is 4.69. The molecule has 0 aliphatic rings. The van der Waals surface area contributed by atoms with E-state index in [1.807, 2.05) is 39.0 Å². The fourth-order valence-corrected chi connectivity index (χ4v) is 2.83. The topological polar surface area (TPSA) is 52.3 Å². The molecular weight excluding hydrogens is 274 g/mol. The first-order chi connectivity index (χ1) is 9.49. The summed E-state index contributed by atoms with van der Waals surface area (Å²) in [6, 6.07) is 7.25. The molecule has 3 aromatic rings. The van der Waals surface area contributed by atoms with Crippen LogP contribution in [0.3, 0.4) is 0 Å². The largest absolute Gasteiger partial charge is 0.466 e. The van der Waals surface area contributed by atoms with Crippen LogP contribution in [0.1, 0.15) is 34.4 Å². The lowest BCUT2D eigenvalue weighted by atomic mass is 10.0. The molecule has 20 heavy (non-hydrogen) atoms. The van der Waals surface area contributed by atoms with Gasteiger partial charge in [0.15, 0.2) is 5.58 Å².